The second-order valence-corrected chi connectivity index (χ2v) is 3.48. The summed E-state index contributed by atoms with van der Waals surface area (Å²) in [5.41, 5.74) is 1.91. The van der Waals surface area contributed by atoms with Gasteiger partial charge in [0.2, 0.25) is 0 Å². The highest BCUT2D eigenvalue weighted by Gasteiger charge is 2.11. The van der Waals surface area contributed by atoms with Crippen LogP contribution in [-0.4, -0.2) is 13.1 Å². The average molecular weight is 224 g/mol. The van der Waals surface area contributed by atoms with Gasteiger partial charge in [-0.15, -0.1) is 0 Å². The zero-order chi connectivity index (χ0) is 11.4. The summed E-state index contributed by atoms with van der Waals surface area (Å²) in [6.07, 6.45) is 0.161. The average Bonchev–Trinajstić information content (AvgIpc) is 2.23. The SMILES string of the molecule is COC(=O)Cc1ccc(Cl)c(C#N)c1C. The molecule has 0 amide bonds. The zero-order valence-electron chi connectivity index (χ0n) is 8.50. The predicted octanol–water partition coefficient (Wildman–Crippen LogP) is 2.24. The van der Waals surface area contributed by atoms with Crippen molar-refractivity contribution < 1.29 is 9.53 Å². The minimum absolute atomic E-state index is 0.161. The Balaban J connectivity index is 3.12. The topological polar surface area (TPSA) is 50.1 Å². The predicted molar refractivity (Wildman–Crippen MR) is 56.6 cm³/mol. The van der Waals surface area contributed by atoms with E-state index in [2.05, 4.69) is 4.74 Å². The minimum atomic E-state index is -0.329. The van der Waals surface area contributed by atoms with Crippen LogP contribution in [0.5, 0.6) is 0 Å². The normalized spacial score (nSPS) is 9.47. The van der Waals surface area contributed by atoms with Crippen LogP contribution in [0.3, 0.4) is 0 Å². The van der Waals surface area contributed by atoms with Crippen LogP contribution in [-0.2, 0) is 16.0 Å². The Labute approximate surface area is 93.2 Å². The summed E-state index contributed by atoms with van der Waals surface area (Å²) in [4.78, 5) is 11.1. The number of hydrogen-bond donors (Lipinski definition) is 0. The van der Waals surface area contributed by atoms with Gasteiger partial charge in [-0.25, -0.2) is 0 Å². The molecule has 0 saturated carbocycles. The maximum Gasteiger partial charge on any atom is 0.309 e. The zero-order valence-corrected chi connectivity index (χ0v) is 9.26. The summed E-state index contributed by atoms with van der Waals surface area (Å²) in [5, 5.41) is 9.27. The number of nitriles is 1. The highest BCUT2D eigenvalue weighted by molar-refractivity contribution is 6.31. The number of carbonyl (C=O) groups is 1. The van der Waals surface area contributed by atoms with E-state index >= 15 is 0 Å². The molecule has 0 aliphatic carbocycles. The number of nitrogens with zero attached hydrogens (tertiary/aromatic N) is 1. The maximum atomic E-state index is 11.1. The van der Waals surface area contributed by atoms with E-state index in [1.807, 2.05) is 6.07 Å². The molecule has 0 fully saturated rings. The first-order chi connectivity index (χ1) is 7.10. The van der Waals surface area contributed by atoms with Crippen LogP contribution in [0.2, 0.25) is 5.02 Å². The van der Waals surface area contributed by atoms with Crippen molar-refractivity contribution in [3.05, 3.63) is 33.8 Å². The first kappa shape index (κ1) is 11.5. The van der Waals surface area contributed by atoms with E-state index in [1.165, 1.54) is 7.11 Å². The summed E-state index contributed by atoms with van der Waals surface area (Å²) in [6.45, 7) is 1.77. The Bertz CT molecular complexity index is 435. The number of benzene rings is 1. The molecule has 1 aromatic rings. The van der Waals surface area contributed by atoms with Gasteiger partial charge in [-0.1, -0.05) is 17.7 Å². The highest BCUT2D eigenvalue weighted by Crippen LogP contribution is 2.22. The van der Waals surface area contributed by atoms with E-state index in [4.69, 9.17) is 16.9 Å². The third-order valence-corrected chi connectivity index (χ3v) is 2.52. The van der Waals surface area contributed by atoms with E-state index < -0.39 is 0 Å². The van der Waals surface area contributed by atoms with Crippen LogP contribution in [0.15, 0.2) is 12.1 Å². The summed E-state index contributed by atoms with van der Waals surface area (Å²) < 4.78 is 4.56. The fraction of sp³-hybridized carbons (Fsp3) is 0.273. The lowest BCUT2D eigenvalue weighted by atomic mass is 10.0. The van der Waals surface area contributed by atoms with Crippen molar-refractivity contribution in [3.63, 3.8) is 0 Å². The molecule has 0 heterocycles. The molecule has 0 aliphatic rings. The first-order valence-corrected chi connectivity index (χ1v) is 4.72. The molecule has 0 unspecified atom stereocenters. The van der Waals surface area contributed by atoms with Crippen molar-refractivity contribution in [1.82, 2.24) is 0 Å². The monoisotopic (exact) mass is 223 g/mol. The smallest absolute Gasteiger partial charge is 0.309 e. The van der Waals surface area contributed by atoms with Crippen LogP contribution < -0.4 is 0 Å². The van der Waals surface area contributed by atoms with Gasteiger partial charge < -0.3 is 4.74 Å². The lowest BCUT2D eigenvalue weighted by Crippen LogP contribution is -2.06. The largest absolute Gasteiger partial charge is 0.469 e. The molecule has 0 aromatic heterocycles. The number of hydrogen-bond acceptors (Lipinski definition) is 3. The molecule has 0 saturated heterocycles. The van der Waals surface area contributed by atoms with Crippen molar-refractivity contribution in [3.8, 4) is 6.07 Å². The molecule has 0 spiro atoms. The van der Waals surface area contributed by atoms with Crippen LogP contribution in [0.1, 0.15) is 16.7 Å². The second-order valence-electron chi connectivity index (χ2n) is 3.07. The number of esters is 1. The van der Waals surface area contributed by atoms with Crippen molar-refractivity contribution in [2.24, 2.45) is 0 Å². The Morgan fingerprint density at radius 1 is 1.60 bits per heavy atom. The van der Waals surface area contributed by atoms with Gasteiger partial charge in [0.25, 0.3) is 0 Å². The summed E-state index contributed by atoms with van der Waals surface area (Å²) in [5.74, 6) is -0.329. The standard InChI is InChI=1S/C11H10ClNO2/c1-7-8(5-11(14)15-2)3-4-10(12)9(7)6-13/h3-4H,5H2,1-2H3. The fourth-order valence-corrected chi connectivity index (χ4v) is 1.53. The highest BCUT2D eigenvalue weighted by atomic mass is 35.5. The number of ether oxygens (including phenoxy) is 1. The van der Waals surface area contributed by atoms with Crippen molar-refractivity contribution >= 4 is 17.6 Å². The number of methoxy groups -OCH3 is 1. The Kier molecular flexibility index (Phi) is 3.70. The van der Waals surface area contributed by atoms with Crippen molar-refractivity contribution in [2.45, 2.75) is 13.3 Å². The van der Waals surface area contributed by atoms with Gasteiger partial charge in [0, 0.05) is 0 Å². The molecule has 15 heavy (non-hydrogen) atoms. The molecule has 4 heteroatoms. The van der Waals surface area contributed by atoms with Crippen LogP contribution in [0, 0.1) is 18.3 Å². The number of halogens is 1. The molecular formula is C11H10ClNO2. The van der Waals surface area contributed by atoms with E-state index in [1.54, 1.807) is 19.1 Å². The quantitative estimate of drug-likeness (QED) is 0.723. The van der Waals surface area contributed by atoms with Crippen molar-refractivity contribution in [1.29, 1.82) is 5.26 Å². The molecule has 0 aliphatic heterocycles. The molecule has 0 radical (unpaired) electrons. The molecule has 0 atom stereocenters. The third-order valence-electron chi connectivity index (χ3n) is 2.20. The fourth-order valence-electron chi connectivity index (χ4n) is 1.28. The van der Waals surface area contributed by atoms with Crippen LogP contribution in [0.4, 0.5) is 0 Å². The second kappa shape index (κ2) is 4.81. The lowest BCUT2D eigenvalue weighted by Gasteiger charge is -2.07. The number of carbonyl (C=O) groups excluding carboxylic acids is 1. The minimum Gasteiger partial charge on any atom is -0.469 e. The Morgan fingerprint density at radius 3 is 2.80 bits per heavy atom. The molecule has 1 aromatic carbocycles. The molecular weight excluding hydrogens is 214 g/mol. The molecule has 78 valence electrons. The van der Waals surface area contributed by atoms with Gasteiger partial charge in [0.15, 0.2) is 0 Å². The first-order valence-electron chi connectivity index (χ1n) is 4.35. The van der Waals surface area contributed by atoms with Crippen molar-refractivity contribution in [2.75, 3.05) is 7.11 Å². The summed E-state index contributed by atoms with van der Waals surface area (Å²) >= 11 is 5.83. The van der Waals surface area contributed by atoms with Gasteiger partial charge in [-0.3, -0.25) is 4.79 Å². The Morgan fingerprint density at radius 2 is 2.27 bits per heavy atom. The van der Waals surface area contributed by atoms with Gasteiger partial charge in [-0.05, 0) is 24.1 Å². The van der Waals surface area contributed by atoms with Gasteiger partial charge in [-0.2, -0.15) is 5.26 Å². The molecule has 0 bridgehead atoms. The van der Waals surface area contributed by atoms with Gasteiger partial charge in [0.05, 0.1) is 24.1 Å². The van der Waals surface area contributed by atoms with E-state index in [0.29, 0.717) is 10.6 Å². The van der Waals surface area contributed by atoms with Gasteiger partial charge >= 0.3 is 5.97 Å². The summed E-state index contributed by atoms with van der Waals surface area (Å²) in [6, 6.07) is 5.36. The third kappa shape index (κ3) is 2.48. The van der Waals surface area contributed by atoms with Crippen LogP contribution in [0.25, 0.3) is 0 Å². The molecule has 0 N–H and O–H groups in total. The van der Waals surface area contributed by atoms with Crippen LogP contribution >= 0.6 is 11.6 Å². The number of rotatable bonds is 2. The lowest BCUT2D eigenvalue weighted by molar-refractivity contribution is -0.139. The molecule has 3 nitrogen and oxygen atoms in total. The van der Waals surface area contributed by atoms with E-state index in [9.17, 15) is 4.79 Å². The van der Waals surface area contributed by atoms with E-state index in [0.717, 1.165) is 11.1 Å². The van der Waals surface area contributed by atoms with E-state index in [-0.39, 0.29) is 12.4 Å². The summed E-state index contributed by atoms with van der Waals surface area (Å²) in [7, 11) is 1.33. The maximum absolute atomic E-state index is 11.1. The molecule has 1 rings (SSSR count). The Hall–Kier alpha value is -1.53. The van der Waals surface area contributed by atoms with Gasteiger partial charge in [0.1, 0.15) is 6.07 Å².